The van der Waals surface area contributed by atoms with Crippen molar-refractivity contribution in [2.45, 2.75) is 45.6 Å². The first kappa shape index (κ1) is 11.7. The van der Waals surface area contributed by atoms with Crippen molar-refractivity contribution >= 4 is 11.3 Å². The Balaban J connectivity index is 2.13. The summed E-state index contributed by atoms with van der Waals surface area (Å²) in [6.07, 6.45) is 6.73. The van der Waals surface area contributed by atoms with Gasteiger partial charge in [0.15, 0.2) is 0 Å². The molecular formula is C11H20N2S. The third-order valence-corrected chi connectivity index (χ3v) is 3.22. The van der Waals surface area contributed by atoms with Gasteiger partial charge in [-0.1, -0.05) is 20.3 Å². The summed E-state index contributed by atoms with van der Waals surface area (Å²) in [7, 11) is 0. The molecule has 0 amide bonds. The van der Waals surface area contributed by atoms with E-state index in [1.165, 1.54) is 24.3 Å². The van der Waals surface area contributed by atoms with Gasteiger partial charge in [-0.3, -0.25) is 0 Å². The standard InChI is InChI=1S/C11H20N2S/c1-3-5-10(4-2)12-7-6-11-13-8-9-14-11/h8-10,12H,3-7H2,1-2H3. The highest BCUT2D eigenvalue weighted by Gasteiger charge is 2.03. The van der Waals surface area contributed by atoms with E-state index in [0.717, 1.165) is 13.0 Å². The van der Waals surface area contributed by atoms with Crippen LogP contribution in [0.25, 0.3) is 0 Å². The smallest absolute Gasteiger partial charge is 0.0937 e. The van der Waals surface area contributed by atoms with Crippen LogP contribution in [0, 0.1) is 0 Å². The molecule has 1 atom stereocenters. The van der Waals surface area contributed by atoms with Gasteiger partial charge in [-0.25, -0.2) is 4.98 Å². The fraction of sp³-hybridized carbons (Fsp3) is 0.727. The van der Waals surface area contributed by atoms with Crippen molar-refractivity contribution in [1.82, 2.24) is 10.3 Å². The average molecular weight is 212 g/mol. The van der Waals surface area contributed by atoms with E-state index in [1.54, 1.807) is 11.3 Å². The maximum absolute atomic E-state index is 4.26. The number of thiazole rings is 1. The highest BCUT2D eigenvalue weighted by atomic mass is 32.1. The minimum Gasteiger partial charge on any atom is -0.314 e. The van der Waals surface area contributed by atoms with E-state index in [2.05, 4.69) is 24.1 Å². The van der Waals surface area contributed by atoms with Crippen LogP contribution in [0.4, 0.5) is 0 Å². The zero-order valence-electron chi connectivity index (χ0n) is 9.12. The van der Waals surface area contributed by atoms with Crippen molar-refractivity contribution in [1.29, 1.82) is 0 Å². The number of nitrogens with zero attached hydrogens (tertiary/aromatic N) is 1. The maximum atomic E-state index is 4.26. The van der Waals surface area contributed by atoms with Crippen molar-refractivity contribution in [3.05, 3.63) is 16.6 Å². The lowest BCUT2D eigenvalue weighted by Crippen LogP contribution is -2.30. The van der Waals surface area contributed by atoms with Crippen LogP contribution in [-0.4, -0.2) is 17.6 Å². The van der Waals surface area contributed by atoms with Crippen molar-refractivity contribution in [2.24, 2.45) is 0 Å². The Kier molecular flexibility index (Phi) is 5.80. The summed E-state index contributed by atoms with van der Waals surface area (Å²) >= 11 is 1.74. The maximum Gasteiger partial charge on any atom is 0.0937 e. The Labute approximate surface area is 90.8 Å². The topological polar surface area (TPSA) is 24.9 Å². The van der Waals surface area contributed by atoms with Gasteiger partial charge in [-0.15, -0.1) is 11.3 Å². The van der Waals surface area contributed by atoms with Gasteiger partial charge in [0.25, 0.3) is 0 Å². The van der Waals surface area contributed by atoms with Gasteiger partial charge in [-0.2, -0.15) is 0 Å². The van der Waals surface area contributed by atoms with E-state index in [9.17, 15) is 0 Å². The summed E-state index contributed by atoms with van der Waals surface area (Å²) in [4.78, 5) is 4.26. The van der Waals surface area contributed by atoms with Crippen LogP contribution in [0.2, 0.25) is 0 Å². The summed E-state index contributed by atoms with van der Waals surface area (Å²) in [5, 5.41) is 6.86. The Hall–Kier alpha value is -0.410. The molecule has 0 saturated carbocycles. The number of hydrogen-bond acceptors (Lipinski definition) is 3. The van der Waals surface area contributed by atoms with Crippen LogP contribution in [0.1, 0.15) is 38.1 Å². The van der Waals surface area contributed by atoms with E-state index in [1.807, 2.05) is 11.6 Å². The highest BCUT2D eigenvalue weighted by molar-refractivity contribution is 7.09. The summed E-state index contributed by atoms with van der Waals surface area (Å²) < 4.78 is 0. The number of aromatic nitrogens is 1. The number of hydrogen-bond donors (Lipinski definition) is 1. The van der Waals surface area contributed by atoms with E-state index in [4.69, 9.17) is 0 Å². The predicted octanol–water partition coefficient (Wildman–Crippen LogP) is 2.85. The molecule has 0 aliphatic carbocycles. The van der Waals surface area contributed by atoms with E-state index in [0.29, 0.717) is 6.04 Å². The molecule has 0 fully saturated rings. The largest absolute Gasteiger partial charge is 0.314 e. The van der Waals surface area contributed by atoms with Gasteiger partial charge < -0.3 is 5.32 Å². The monoisotopic (exact) mass is 212 g/mol. The molecule has 14 heavy (non-hydrogen) atoms. The van der Waals surface area contributed by atoms with Crippen molar-refractivity contribution < 1.29 is 0 Å². The molecular weight excluding hydrogens is 192 g/mol. The molecule has 1 rings (SSSR count). The molecule has 0 saturated heterocycles. The average Bonchev–Trinajstić information content (AvgIpc) is 2.69. The first-order chi connectivity index (χ1) is 6.86. The minimum atomic E-state index is 0.694. The van der Waals surface area contributed by atoms with E-state index in [-0.39, 0.29) is 0 Å². The van der Waals surface area contributed by atoms with Crippen LogP contribution < -0.4 is 5.32 Å². The normalized spacial score (nSPS) is 13.0. The lowest BCUT2D eigenvalue weighted by atomic mass is 10.1. The van der Waals surface area contributed by atoms with Gasteiger partial charge >= 0.3 is 0 Å². The molecule has 2 nitrogen and oxygen atoms in total. The molecule has 1 unspecified atom stereocenters. The quantitative estimate of drug-likeness (QED) is 0.752. The molecule has 1 heterocycles. The Morgan fingerprint density at radius 1 is 1.50 bits per heavy atom. The molecule has 1 aromatic heterocycles. The molecule has 0 spiro atoms. The van der Waals surface area contributed by atoms with Gasteiger partial charge in [0.1, 0.15) is 0 Å². The molecule has 1 aromatic rings. The van der Waals surface area contributed by atoms with E-state index < -0.39 is 0 Å². The summed E-state index contributed by atoms with van der Waals surface area (Å²) in [6.45, 7) is 5.55. The molecule has 1 N–H and O–H groups in total. The first-order valence-corrected chi connectivity index (χ1v) is 6.36. The second-order valence-corrected chi connectivity index (χ2v) is 4.50. The lowest BCUT2D eigenvalue weighted by Gasteiger charge is -2.15. The lowest BCUT2D eigenvalue weighted by molar-refractivity contribution is 0.466. The SMILES string of the molecule is CCCC(CC)NCCc1nccs1. The Morgan fingerprint density at radius 3 is 2.93 bits per heavy atom. The molecule has 0 bridgehead atoms. The second-order valence-electron chi connectivity index (χ2n) is 3.52. The van der Waals surface area contributed by atoms with Gasteiger partial charge in [0.2, 0.25) is 0 Å². The minimum absolute atomic E-state index is 0.694. The van der Waals surface area contributed by atoms with Gasteiger partial charge in [-0.05, 0) is 12.8 Å². The van der Waals surface area contributed by atoms with Gasteiger partial charge in [0.05, 0.1) is 5.01 Å². The number of rotatable bonds is 7. The van der Waals surface area contributed by atoms with Gasteiger partial charge in [0, 0.05) is 30.6 Å². The first-order valence-electron chi connectivity index (χ1n) is 5.48. The van der Waals surface area contributed by atoms with Crippen LogP contribution >= 0.6 is 11.3 Å². The van der Waals surface area contributed by atoms with Crippen molar-refractivity contribution in [2.75, 3.05) is 6.54 Å². The molecule has 3 heteroatoms. The third kappa shape index (κ3) is 4.20. The molecule has 0 aliphatic heterocycles. The van der Waals surface area contributed by atoms with E-state index >= 15 is 0 Å². The fourth-order valence-electron chi connectivity index (χ4n) is 1.56. The van der Waals surface area contributed by atoms with Crippen molar-refractivity contribution in [3.8, 4) is 0 Å². The van der Waals surface area contributed by atoms with Crippen molar-refractivity contribution in [3.63, 3.8) is 0 Å². The third-order valence-electron chi connectivity index (χ3n) is 2.39. The summed E-state index contributed by atoms with van der Waals surface area (Å²) in [6, 6.07) is 0.694. The van der Waals surface area contributed by atoms with Crippen LogP contribution in [0.5, 0.6) is 0 Å². The Bertz CT molecular complexity index is 221. The molecule has 0 radical (unpaired) electrons. The zero-order chi connectivity index (χ0) is 10.2. The summed E-state index contributed by atoms with van der Waals surface area (Å²) in [5.41, 5.74) is 0. The molecule has 0 aromatic carbocycles. The predicted molar refractivity (Wildman–Crippen MR) is 62.8 cm³/mol. The number of nitrogens with one attached hydrogen (secondary N) is 1. The van der Waals surface area contributed by atoms with Crippen LogP contribution in [0.15, 0.2) is 11.6 Å². The summed E-state index contributed by atoms with van der Waals surface area (Å²) in [5.74, 6) is 0. The molecule has 80 valence electrons. The Morgan fingerprint density at radius 2 is 2.36 bits per heavy atom. The zero-order valence-corrected chi connectivity index (χ0v) is 9.94. The highest BCUT2D eigenvalue weighted by Crippen LogP contribution is 2.05. The fourth-order valence-corrected chi connectivity index (χ4v) is 2.18. The van der Waals surface area contributed by atoms with Crippen LogP contribution in [-0.2, 0) is 6.42 Å². The second kappa shape index (κ2) is 6.96. The van der Waals surface area contributed by atoms with Crippen LogP contribution in [0.3, 0.4) is 0 Å². The molecule has 0 aliphatic rings.